The molecule has 0 spiro atoms. The molecule has 1 unspecified atom stereocenters. The number of hydrogen-bond acceptors (Lipinski definition) is 7. The molecule has 0 N–H and O–H groups in total. The Balaban J connectivity index is 0.000000376. The van der Waals surface area contributed by atoms with Gasteiger partial charge in [-0.3, -0.25) is 0 Å². The van der Waals surface area contributed by atoms with Crippen LogP contribution < -0.4 is 23.5 Å². The molecule has 2 aromatic carbocycles. The third-order valence-corrected chi connectivity index (χ3v) is 4.18. The molecule has 4 rings (SSSR count). The maximum absolute atomic E-state index is 12.1. The van der Waals surface area contributed by atoms with Crippen molar-refractivity contribution in [2.75, 3.05) is 11.4 Å². The van der Waals surface area contributed by atoms with Crippen molar-refractivity contribution >= 4 is 23.4 Å². The van der Waals surface area contributed by atoms with Crippen molar-refractivity contribution in [2.24, 2.45) is 0 Å². The maximum atomic E-state index is 12.1. The van der Waals surface area contributed by atoms with E-state index in [-0.39, 0.29) is 12.0 Å². The Morgan fingerprint density at radius 2 is 1.41 bits per heavy atom. The highest BCUT2D eigenvalue weighted by atomic mass is 35.7. The summed E-state index contributed by atoms with van der Waals surface area (Å²) in [6, 6.07) is 20.5. The summed E-state index contributed by atoms with van der Waals surface area (Å²) in [6.07, 6.45) is 1.90. The Morgan fingerprint density at radius 1 is 0.926 bits per heavy atom. The summed E-state index contributed by atoms with van der Waals surface area (Å²) in [6.45, 7) is 0.863. The van der Waals surface area contributed by atoms with E-state index in [9.17, 15) is 4.79 Å². The van der Waals surface area contributed by atoms with Gasteiger partial charge in [0.25, 0.3) is 0 Å². The van der Waals surface area contributed by atoms with Gasteiger partial charge < -0.3 is 4.74 Å². The molecular weight excluding hydrogens is 376 g/mol. The number of rotatable bonds is 2. The lowest BCUT2D eigenvalue weighted by Gasteiger charge is -2.17. The highest BCUT2D eigenvalue weighted by Gasteiger charge is 2.47. The van der Waals surface area contributed by atoms with Gasteiger partial charge in [0.2, 0.25) is 0 Å². The number of anilines is 2. The van der Waals surface area contributed by atoms with Crippen LogP contribution in [0, 0.1) is 10.2 Å². The van der Waals surface area contributed by atoms with Crippen LogP contribution in [0.15, 0.2) is 60.7 Å². The first-order valence-electron chi connectivity index (χ1n) is 8.22. The molecule has 1 fully saturated rings. The number of hydrogen-bond donors (Lipinski definition) is 0. The van der Waals surface area contributed by atoms with Gasteiger partial charge in [-0.25, -0.2) is 28.0 Å². The van der Waals surface area contributed by atoms with Crippen molar-refractivity contribution in [3.63, 3.8) is 0 Å². The Bertz CT molecular complexity index is 777. The first kappa shape index (κ1) is 19.3. The highest BCUT2D eigenvalue weighted by Crippen LogP contribution is 2.30. The van der Waals surface area contributed by atoms with E-state index >= 15 is 0 Å². The molecule has 1 atom stereocenters. The van der Waals surface area contributed by atoms with E-state index in [1.165, 1.54) is 0 Å². The number of fused-ring (bicyclic) bond motifs is 1. The van der Waals surface area contributed by atoms with E-state index in [1.54, 1.807) is 0 Å². The van der Waals surface area contributed by atoms with Gasteiger partial charge in [-0.15, -0.1) is 10.2 Å². The van der Waals surface area contributed by atoms with Crippen molar-refractivity contribution in [2.45, 2.75) is 18.9 Å². The van der Waals surface area contributed by atoms with Gasteiger partial charge in [0.15, 0.2) is 6.04 Å². The lowest BCUT2D eigenvalue weighted by atomic mass is 10.2. The van der Waals surface area contributed by atoms with Crippen LogP contribution in [0.4, 0.5) is 11.4 Å². The summed E-state index contributed by atoms with van der Waals surface area (Å²) < 4.78 is 41.7. The zero-order valence-electron chi connectivity index (χ0n) is 14.2. The zero-order valence-corrected chi connectivity index (χ0v) is 14.9. The smallest absolute Gasteiger partial charge is 0.353 e. The van der Waals surface area contributed by atoms with Gasteiger partial charge in [-0.1, -0.05) is 36.4 Å². The standard InChI is InChI=1S/C18H17N2O2.ClHO4/c21-17-16-12-7-13-19(16)18(22-17)20(14-8-3-1-4-9-14)15-10-5-2-6-11-15;2-1(3,4)5/h1-6,8-11,16H,7,12-13H2;(H,2,3,4,5)/q+1;/p-1. The summed E-state index contributed by atoms with van der Waals surface area (Å²) in [5, 5.41) is 0. The number of esters is 1. The van der Waals surface area contributed by atoms with Crippen LogP contribution in [0.3, 0.4) is 0 Å². The number of carbonyl (C=O) groups is 1. The third-order valence-electron chi connectivity index (χ3n) is 4.18. The lowest BCUT2D eigenvalue weighted by Crippen LogP contribution is -2.68. The van der Waals surface area contributed by atoms with Crippen LogP contribution in [0.5, 0.6) is 0 Å². The van der Waals surface area contributed by atoms with Gasteiger partial charge in [0, 0.05) is 6.42 Å². The Morgan fingerprint density at radius 3 is 1.89 bits per heavy atom. The lowest BCUT2D eigenvalue weighted by molar-refractivity contribution is -2.00. The predicted molar refractivity (Wildman–Crippen MR) is 84.3 cm³/mol. The SMILES string of the molecule is O=C1OC(N(c2ccccc2)c2ccccc2)=[N+]2CCCC12.[O-][Cl+3]([O-])([O-])[O-]. The van der Waals surface area contributed by atoms with E-state index in [4.69, 9.17) is 23.4 Å². The highest BCUT2D eigenvalue weighted by molar-refractivity contribution is 6.04. The monoisotopic (exact) mass is 392 g/mol. The topological polar surface area (TPSA) is 125 Å². The summed E-state index contributed by atoms with van der Waals surface area (Å²) in [5.74, 6) is -0.135. The quantitative estimate of drug-likeness (QED) is 0.434. The minimum Gasteiger partial charge on any atom is -0.353 e. The number of benzene rings is 2. The van der Waals surface area contributed by atoms with Crippen molar-refractivity contribution < 1.29 is 43.0 Å². The second-order valence-corrected chi connectivity index (χ2v) is 6.70. The van der Waals surface area contributed by atoms with Crippen LogP contribution in [0.2, 0.25) is 0 Å². The molecule has 2 aromatic rings. The Kier molecular flexibility index (Phi) is 5.73. The number of amidine groups is 1. The van der Waals surface area contributed by atoms with E-state index in [0.29, 0.717) is 6.02 Å². The molecular formula is C18H17ClN2O6. The second-order valence-electron chi connectivity index (χ2n) is 5.94. The van der Waals surface area contributed by atoms with Gasteiger partial charge in [0.1, 0.15) is 11.4 Å². The van der Waals surface area contributed by atoms with Crippen LogP contribution >= 0.6 is 0 Å². The van der Waals surface area contributed by atoms with E-state index in [1.807, 2.05) is 65.6 Å². The molecule has 0 aromatic heterocycles. The van der Waals surface area contributed by atoms with Gasteiger partial charge in [-0.05, 0) is 30.7 Å². The minimum absolute atomic E-state index is 0.120. The van der Waals surface area contributed by atoms with Gasteiger partial charge >= 0.3 is 12.0 Å². The molecule has 2 aliphatic rings. The number of cyclic esters (lactones) is 1. The van der Waals surface area contributed by atoms with Crippen molar-refractivity contribution in [3.8, 4) is 0 Å². The molecule has 0 saturated carbocycles. The Labute approximate surface area is 157 Å². The number of ether oxygens (including phenoxy) is 1. The fourth-order valence-corrected chi connectivity index (χ4v) is 3.16. The van der Waals surface area contributed by atoms with Crippen molar-refractivity contribution in [3.05, 3.63) is 60.7 Å². The fourth-order valence-electron chi connectivity index (χ4n) is 3.16. The maximum Gasteiger partial charge on any atom is 0.465 e. The number of halogens is 1. The molecule has 0 amide bonds. The van der Waals surface area contributed by atoms with E-state index < -0.39 is 10.2 Å². The van der Waals surface area contributed by atoms with E-state index in [2.05, 4.69) is 4.58 Å². The summed E-state index contributed by atoms with van der Waals surface area (Å²) in [5.41, 5.74) is 1.98. The van der Waals surface area contributed by atoms with Gasteiger partial charge in [0.05, 0.1) is 6.54 Å². The number of carbonyl (C=O) groups excluding carboxylic acids is 1. The molecule has 9 heteroatoms. The minimum atomic E-state index is -4.94. The molecule has 2 aliphatic heterocycles. The zero-order chi connectivity index (χ0) is 19.4. The predicted octanol–water partition coefficient (Wildman–Crippen LogP) is -1.84. The molecule has 0 aliphatic carbocycles. The largest absolute Gasteiger partial charge is 0.465 e. The van der Waals surface area contributed by atoms with Crippen LogP contribution in [-0.4, -0.2) is 29.2 Å². The molecule has 1 saturated heterocycles. The molecule has 2 heterocycles. The first-order valence-corrected chi connectivity index (χ1v) is 9.45. The van der Waals surface area contributed by atoms with Crippen LogP contribution in [0.25, 0.3) is 0 Å². The summed E-state index contributed by atoms with van der Waals surface area (Å²) in [4.78, 5) is 14.1. The molecule has 142 valence electrons. The van der Waals surface area contributed by atoms with E-state index in [0.717, 1.165) is 30.8 Å². The average Bonchev–Trinajstić information content (AvgIpc) is 3.21. The first-order chi connectivity index (χ1) is 12.8. The summed E-state index contributed by atoms with van der Waals surface area (Å²) >= 11 is 0. The number of para-hydroxylation sites is 2. The number of nitrogens with zero attached hydrogens (tertiary/aromatic N) is 2. The van der Waals surface area contributed by atoms with Gasteiger partial charge in [-0.2, -0.15) is 4.90 Å². The normalized spacial score (nSPS) is 18.5. The molecule has 8 nitrogen and oxygen atoms in total. The second kappa shape index (κ2) is 8.03. The average molecular weight is 393 g/mol. The Hall–Kier alpha value is -2.49. The summed E-state index contributed by atoms with van der Waals surface area (Å²) in [7, 11) is -4.94. The van der Waals surface area contributed by atoms with Crippen LogP contribution in [-0.2, 0) is 9.53 Å². The van der Waals surface area contributed by atoms with Crippen molar-refractivity contribution in [1.29, 1.82) is 0 Å². The van der Waals surface area contributed by atoms with Crippen molar-refractivity contribution in [1.82, 2.24) is 0 Å². The molecule has 0 bridgehead atoms. The third kappa shape index (κ3) is 4.82. The van der Waals surface area contributed by atoms with Crippen LogP contribution in [0.1, 0.15) is 12.8 Å². The molecule has 27 heavy (non-hydrogen) atoms. The molecule has 0 radical (unpaired) electrons. The fraction of sp³-hybridized carbons (Fsp3) is 0.222.